The van der Waals surface area contributed by atoms with Gasteiger partial charge >= 0.3 is 5.97 Å². The third-order valence-corrected chi connectivity index (χ3v) is 5.12. The number of carbonyl (C=O) groups is 1. The predicted octanol–water partition coefficient (Wildman–Crippen LogP) is 3.98. The Labute approximate surface area is 130 Å². The van der Waals surface area contributed by atoms with E-state index in [9.17, 15) is 4.79 Å². The molecule has 0 amide bonds. The van der Waals surface area contributed by atoms with E-state index >= 15 is 0 Å². The second kappa shape index (κ2) is 6.69. The van der Waals surface area contributed by atoms with Gasteiger partial charge in [-0.1, -0.05) is 41.0 Å². The van der Waals surface area contributed by atoms with E-state index in [0.717, 1.165) is 12.8 Å². The molecule has 0 saturated carbocycles. The van der Waals surface area contributed by atoms with Crippen LogP contribution in [0.4, 0.5) is 0 Å². The van der Waals surface area contributed by atoms with E-state index in [2.05, 4.69) is 47.2 Å². The Morgan fingerprint density at radius 2 is 1.65 bits per heavy atom. The van der Waals surface area contributed by atoms with Gasteiger partial charge in [0.2, 0.25) is 0 Å². The number of hydrogen-bond acceptors (Lipinski definition) is 4. The summed E-state index contributed by atoms with van der Waals surface area (Å²) >= 11 is 4.40. The summed E-state index contributed by atoms with van der Waals surface area (Å²) in [7, 11) is 3.65. The minimum absolute atomic E-state index is 0.0641. The molecule has 0 fully saturated rings. The summed E-state index contributed by atoms with van der Waals surface area (Å²) in [6.07, 6.45) is 1.97. The van der Waals surface area contributed by atoms with Crippen molar-refractivity contribution >= 4 is 18.6 Å². The number of rotatable bonds is 7. The Hall–Kier alpha value is -0.220. The third-order valence-electron chi connectivity index (χ3n) is 4.53. The molecule has 0 N–H and O–H groups in total. The lowest BCUT2D eigenvalue weighted by molar-refractivity contribution is -0.161. The Bertz CT molecular complexity index is 335. The van der Waals surface area contributed by atoms with E-state index in [1.807, 2.05) is 21.0 Å². The summed E-state index contributed by atoms with van der Waals surface area (Å²) in [5, 5.41) is 0. The Kier molecular flexibility index (Phi) is 6.62. The van der Waals surface area contributed by atoms with Crippen molar-refractivity contribution in [2.75, 3.05) is 14.1 Å². The third kappa shape index (κ3) is 5.28. The van der Waals surface area contributed by atoms with Gasteiger partial charge in [-0.05, 0) is 39.8 Å². The zero-order valence-corrected chi connectivity index (χ0v) is 15.6. The molecule has 0 aliphatic carbocycles. The first-order valence-electron chi connectivity index (χ1n) is 7.37. The van der Waals surface area contributed by atoms with Gasteiger partial charge in [-0.15, -0.1) is 12.6 Å². The molecule has 0 aliphatic rings. The molecule has 0 aromatic carbocycles. The van der Waals surface area contributed by atoms with Crippen molar-refractivity contribution in [3.8, 4) is 0 Å². The van der Waals surface area contributed by atoms with Gasteiger partial charge in [0.05, 0.1) is 0 Å². The first-order chi connectivity index (χ1) is 8.76. The molecule has 0 aromatic rings. The van der Waals surface area contributed by atoms with Gasteiger partial charge in [0.25, 0.3) is 0 Å². The lowest BCUT2D eigenvalue weighted by Crippen LogP contribution is -2.47. The van der Waals surface area contributed by atoms with Gasteiger partial charge in [0.1, 0.15) is 6.10 Å². The predicted molar refractivity (Wildman–Crippen MR) is 89.1 cm³/mol. The Morgan fingerprint density at radius 1 is 1.20 bits per heavy atom. The monoisotopic (exact) mass is 303 g/mol. The smallest absolute Gasteiger partial charge is 0.336 e. The van der Waals surface area contributed by atoms with E-state index < -0.39 is 4.87 Å². The van der Waals surface area contributed by atoms with E-state index in [1.54, 1.807) is 11.8 Å². The van der Waals surface area contributed by atoms with Crippen LogP contribution in [0, 0.1) is 10.8 Å². The maximum absolute atomic E-state index is 12.3. The molecule has 120 valence electrons. The molecule has 0 radical (unpaired) electrons. The van der Waals surface area contributed by atoms with Crippen LogP contribution >= 0.6 is 12.6 Å². The van der Waals surface area contributed by atoms with Crippen LogP contribution in [0.25, 0.3) is 0 Å². The van der Waals surface area contributed by atoms with Crippen molar-refractivity contribution in [1.82, 2.24) is 4.90 Å². The summed E-state index contributed by atoms with van der Waals surface area (Å²) in [4.78, 5) is 13.1. The molecule has 0 aromatic heterocycles. The first kappa shape index (κ1) is 19.8. The van der Waals surface area contributed by atoms with Gasteiger partial charge < -0.3 is 4.74 Å². The van der Waals surface area contributed by atoms with E-state index in [4.69, 9.17) is 4.74 Å². The van der Waals surface area contributed by atoms with E-state index in [-0.39, 0.29) is 22.9 Å². The van der Waals surface area contributed by atoms with Gasteiger partial charge in [-0.2, -0.15) is 0 Å². The molecule has 0 saturated heterocycles. The molecular weight excluding hydrogens is 270 g/mol. The van der Waals surface area contributed by atoms with Crippen molar-refractivity contribution in [2.45, 2.75) is 72.3 Å². The van der Waals surface area contributed by atoms with Crippen LogP contribution in [0.1, 0.15) is 61.3 Å². The van der Waals surface area contributed by atoms with Gasteiger partial charge in [-0.3, -0.25) is 4.90 Å². The second-order valence-corrected chi connectivity index (χ2v) is 8.52. The highest BCUT2D eigenvalue weighted by molar-refractivity contribution is 7.82. The van der Waals surface area contributed by atoms with Gasteiger partial charge in [0, 0.05) is 5.41 Å². The zero-order chi connectivity index (χ0) is 16.4. The fourth-order valence-corrected chi connectivity index (χ4v) is 2.17. The van der Waals surface area contributed by atoms with Gasteiger partial charge in [-0.25, -0.2) is 4.79 Å². The molecule has 3 nitrogen and oxygen atoms in total. The Balaban J connectivity index is 4.84. The molecule has 0 heterocycles. The standard InChI is InChI=1S/C16H33NO2S/c1-10-14(3,4)11-15(5,6)12(2)19-13(18)16(7,20)17(8)9/h12,20H,10-11H2,1-9H3. The van der Waals surface area contributed by atoms with Crippen molar-refractivity contribution in [3.63, 3.8) is 0 Å². The molecule has 2 unspecified atom stereocenters. The molecule has 0 spiro atoms. The largest absolute Gasteiger partial charge is 0.460 e. The summed E-state index contributed by atoms with van der Waals surface area (Å²) in [6, 6.07) is 0. The second-order valence-electron chi connectivity index (χ2n) is 7.65. The molecular formula is C16H33NO2S. The average Bonchev–Trinajstić information content (AvgIpc) is 2.27. The molecule has 20 heavy (non-hydrogen) atoms. The van der Waals surface area contributed by atoms with E-state index in [0.29, 0.717) is 0 Å². The Morgan fingerprint density at radius 3 is 2.00 bits per heavy atom. The SMILES string of the molecule is CCC(C)(C)CC(C)(C)C(C)OC(=O)C(C)(S)N(C)C. The fourth-order valence-electron chi connectivity index (χ4n) is 2.12. The summed E-state index contributed by atoms with van der Waals surface area (Å²) in [6.45, 7) is 14.8. The molecule has 0 bridgehead atoms. The lowest BCUT2D eigenvalue weighted by Gasteiger charge is -2.39. The average molecular weight is 304 g/mol. The lowest BCUT2D eigenvalue weighted by atomic mass is 9.71. The number of likely N-dealkylation sites (N-methyl/N-ethyl adjacent to an activating group) is 1. The number of carbonyl (C=O) groups excluding carboxylic acids is 1. The van der Waals surface area contributed by atoms with Crippen molar-refractivity contribution in [1.29, 1.82) is 0 Å². The fraction of sp³-hybridized carbons (Fsp3) is 0.938. The first-order valence-corrected chi connectivity index (χ1v) is 7.82. The maximum Gasteiger partial charge on any atom is 0.336 e. The number of esters is 1. The van der Waals surface area contributed by atoms with Crippen LogP contribution in [0.2, 0.25) is 0 Å². The van der Waals surface area contributed by atoms with Crippen molar-refractivity contribution in [2.24, 2.45) is 10.8 Å². The highest BCUT2D eigenvalue weighted by Crippen LogP contribution is 2.39. The summed E-state index contributed by atoms with van der Waals surface area (Å²) in [5.74, 6) is -0.291. The van der Waals surface area contributed by atoms with Crippen LogP contribution in [-0.4, -0.2) is 35.9 Å². The highest BCUT2D eigenvalue weighted by atomic mass is 32.1. The summed E-state index contributed by atoms with van der Waals surface area (Å²) < 4.78 is 5.67. The van der Waals surface area contributed by atoms with Crippen LogP contribution in [0.5, 0.6) is 0 Å². The molecule has 0 aliphatic heterocycles. The van der Waals surface area contributed by atoms with E-state index in [1.165, 1.54) is 0 Å². The highest BCUT2D eigenvalue weighted by Gasteiger charge is 2.39. The van der Waals surface area contributed by atoms with Crippen LogP contribution in [0.15, 0.2) is 0 Å². The van der Waals surface area contributed by atoms with Crippen LogP contribution in [-0.2, 0) is 9.53 Å². The molecule has 2 atom stereocenters. The number of nitrogens with zero attached hydrogens (tertiary/aromatic N) is 1. The number of ether oxygens (including phenoxy) is 1. The minimum atomic E-state index is -0.898. The molecule has 0 rings (SSSR count). The topological polar surface area (TPSA) is 29.5 Å². The zero-order valence-electron chi connectivity index (χ0n) is 14.7. The summed E-state index contributed by atoms with van der Waals surface area (Å²) in [5.41, 5.74) is 0.182. The normalized spacial score (nSPS) is 17.8. The maximum atomic E-state index is 12.3. The number of thiol groups is 1. The van der Waals surface area contributed by atoms with Crippen molar-refractivity contribution < 1.29 is 9.53 Å². The van der Waals surface area contributed by atoms with Crippen molar-refractivity contribution in [3.05, 3.63) is 0 Å². The van der Waals surface area contributed by atoms with Gasteiger partial charge in [0.15, 0.2) is 4.87 Å². The quantitative estimate of drug-likeness (QED) is 0.438. The minimum Gasteiger partial charge on any atom is -0.460 e. The van der Waals surface area contributed by atoms with Crippen LogP contribution < -0.4 is 0 Å². The molecule has 4 heteroatoms. The number of hydrogen-bond donors (Lipinski definition) is 1. The van der Waals surface area contributed by atoms with Crippen LogP contribution in [0.3, 0.4) is 0 Å².